The third-order valence-electron chi connectivity index (χ3n) is 3.68. The molecule has 2 aliphatic rings. The smallest absolute Gasteiger partial charge is 0.213 e. The van der Waals surface area contributed by atoms with Crippen LogP contribution in [0.15, 0.2) is 0 Å². The van der Waals surface area contributed by atoms with Crippen molar-refractivity contribution in [2.45, 2.75) is 38.1 Å². The van der Waals surface area contributed by atoms with Crippen molar-refractivity contribution in [2.75, 3.05) is 32.1 Å². The SMILES string of the molecule is O=S(=O)(CC1CCCCN1)NCC1CCCOC1. The number of piperidine rings is 1. The molecule has 0 aromatic rings. The molecule has 2 fully saturated rings. The van der Waals surface area contributed by atoms with Gasteiger partial charge in [0.2, 0.25) is 10.0 Å². The molecular formula is C12H24N2O3S. The van der Waals surface area contributed by atoms with Crippen LogP contribution in [0.1, 0.15) is 32.1 Å². The van der Waals surface area contributed by atoms with E-state index in [1.54, 1.807) is 0 Å². The standard InChI is InChI=1S/C12H24N2O3S/c15-18(16,10-12-5-1-2-6-13-12)14-8-11-4-3-7-17-9-11/h11-14H,1-10H2. The highest BCUT2D eigenvalue weighted by atomic mass is 32.2. The maximum Gasteiger partial charge on any atom is 0.213 e. The summed E-state index contributed by atoms with van der Waals surface area (Å²) in [7, 11) is -3.15. The summed E-state index contributed by atoms with van der Waals surface area (Å²) >= 11 is 0. The van der Waals surface area contributed by atoms with Crippen LogP contribution in [-0.4, -0.2) is 46.5 Å². The molecule has 2 aliphatic heterocycles. The van der Waals surface area contributed by atoms with E-state index in [-0.39, 0.29) is 11.8 Å². The fourth-order valence-electron chi connectivity index (χ4n) is 2.60. The van der Waals surface area contributed by atoms with Crippen LogP contribution in [-0.2, 0) is 14.8 Å². The van der Waals surface area contributed by atoms with Gasteiger partial charge in [-0.3, -0.25) is 0 Å². The van der Waals surface area contributed by atoms with E-state index in [1.165, 1.54) is 0 Å². The molecule has 6 heteroatoms. The maximum atomic E-state index is 11.9. The lowest BCUT2D eigenvalue weighted by Gasteiger charge is -2.25. The number of hydrogen-bond donors (Lipinski definition) is 2. The Morgan fingerprint density at radius 1 is 1.22 bits per heavy atom. The molecule has 2 saturated heterocycles. The van der Waals surface area contributed by atoms with Gasteiger partial charge in [-0.05, 0) is 38.1 Å². The highest BCUT2D eigenvalue weighted by Gasteiger charge is 2.22. The topological polar surface area (TPSA) is 67.4 Å². The zero-order valence-corrected chi connectivity index (χ0v) is 11.7. The molecule has 0 aromatic heterocycles. The summed E-state index contributed by atoms with van der Waals surface area (Å²) in [6, 6.07) is 0.124. The Bertz CT molecular complexity index is 333. The molecule has 0 bridgehead atoms. The second kappa shape index (κ2) is 6.84. The Morgan fingerprint density at radius 3 is 2.78 bits per heavy atom. The van der Waals surface area contributed by atoms with E-state index in [2.05, 4.69) is 10.0 Å². The normalized spacial score (nSPS) is 30.2. The van der Waals surface area contributed by atoms with Crippen molar-refractivity contribution in [1.82, 2.24) is 10.0 Å². The molecule has 0 aromatic carbocycles. The van der Waals surface area contributed by atoms with Crippen molar-refractivity contribution >= 4 is 10.0 Å². The summed E-state index contributed by atoms with van der Waals surface area (Å²) in [6.45, 7) is 2.96. The summed E-state index contributed by atoms with van der Waals surface area (Å²) in [5.41, 5.74) is 0. The molecule has 0 radical (unpaired) electrons. The van der Waals surface area contributed by atoms with E-state index in [0.29, 0.717) is 19.1 Å². The summed E-state index contributed by atoms with van der Waals surface area (Å²) in [6.07, 6.45) is 5.35. The highest BCUT2D eigenvalue weighted by molar-refractivity contribution is 7.89. The molecule has 2 atom stereocenters. The number of sulfonamides is 1. The Morgan fingerprint density at radius 2 is 2.11 bits per heavy atom. The van der Waals surface area contributed by atoms with Gasteiger partial charge in [-0.1, -0.05) is 6.42 Å². The molecular weight excluding hydrogens is 252 g/mol. The number of ether oxygens (including phenoxy) is 1. The molecule has 2 N–H and O–H groups in total. The molecule has 2 heterocycles. The third kappa shape index (κ3) is 4.84. The molecule has 0 saturated carbocycles. The molecule has 18 heavy (non-hydrogen) atoms. The summed E-state index contributed by atoms with van der Waals surface area (Å²) in [5.74, 6) is 0.549. The van der Waals surface area contributed by atoms with Crippen LogP contribution in [0, 0.1) is 5.92 Å². The van der Waals surface area contributed by atoms with Crippen LogP contribution in [0.4, 0.5) is 0 Å². The van der Waals surface area contributed by atoms with Gasteiger partial charge in [-0.25, -0.2) is 13.1 Å². The Balaban J connectivity index is 1.72. The van der Waals surface area contributed by atoms with Crippen molar-refractivity contribution in [1.29, 1.82) is 0 Å². The average molecular weight is 276 g/mol. The largest absolute Gasteiger partial charge is 0.381 e. The maximum absolute atomic E-state index is 11.9. The predicted octanol–water partition coefficient (Wildman–Crippen LogP) is 0.475. The van der Waals surface area contributed by atoms with E-state index in [1.807, 2.05) is 0 Å². The van der Waals surface area contributed by atoms with Crippen LogP contribution < -0.4 is 10.0 Å². The molecule has 0 amide bonds. The van der Waals surface area contributed by atoms with Crippen molar-refractivity contribution in [2.24, 2.45) is 5.92 Å². The molecule has 5 nitrogen and oxygen atoms in total. The molecule has 2 rings (SSSR count). The fourth-order valence-corrected chi connectivity index (χ4v) is 4.02. The molecule has 2 unspecified atom stereocenters. The molecule has 106 valence electrons. The van der Waals surface area contributed by atoms with Crippen LogP contribution in [0.5, 0.6) is 0 Å². The quantitative estimate of drug-likeness (QED) is 0.766. The lowest BCUT2D eigenvalue weighted by Crippen LogP contribution is -2.44. The van der Waals surface area contributed by atoms with Crippen molar-refractivity contribution in [3.8, 4) is 0 Å². The van der Waals surface area contributed by atoms with Crippen molar-refractivity contribution in [3.63, 3.8) is 0 Å². The van der Waals surface area contributed by atoms with Gasteiger partial charge in [-0.2, -0.15) is 0 Å². The predicted molar refractivity (Wildman–Crippen MR) is 71.0 cm³/mol. The first-order valence-corrected chi connectivity index (χ1v) is 8.59. The Kier molecular flexibility index (Phi) is 5.41. The van der Waals surface area contributed by atoms with Gasteiger partial charge >= 0.3 is 0 Å². The second-order valence-corrected chi connectivity index (χ2v) is 7.21. The number of nitrogens with one attached hydrogen (secondary N) is 2. The minimum atomic E-state index is -3.15. The van der Waals surface area contributed by atoms with Crippen LogP contribution in [0.25, 0.3) is 0 Å². The highest BCUT2D eigenvalue weighted by Crippen LogP contribution is 2.13. The van der Waals surface area contributed by atoms with E-state index in [4.69, 9.17) is 4.74 Å². The molecule has 0 aliphatic carbocycles. The minimum absolute atomic E-state index is 0.124. The lowest BCUT2D eigenvalue weighted by atomic mass is 10.0. The Hall–Kier alpha value is -0.170. The molecule has 0 spiro atoms. The van der Waals surface area contributed by atoms with Crippen LogP contribution in [0.2, 0.25) is 0 Å². The number of rotatable bonds is 5. The average Bonchev–Trinajstić information content (AvgIpc) is 2.38. The lowest BCUT2D eigenvalue weighted by molar-refractivity contribution is 0.0568. The van der Waals surface area contributed by atoms with E-state index in [9.17, 15) is 8.42 Å². The zero-order valence-electron chi connectivity index (χ0n) is 10.9. The first-order chi connectivity index (χ1) is 8.66. The van der Waals surface area contributed by atoms with E-state index < -0.39 is 10.0 Å². The van der Waals surface area contributed by atoms with Crippen molar-refractivity contribution in [3.05, 3.63) is 0 Å². The third-order valence-corrected chi connectivity index (χ3v) is 5.13. The summed E-state index contributed by atoms with van der Waals surface area (Å²) < 4.78 is 32.0. The van der Waals surface area contributed by atoms with Gasteiger partial charge in [0.25, 0.3) is 0 Å². The van der Waals surface area contributed by atoms with Crippen molar-refractivity contribution < 1.29 is 13.2 Å². The minimum Gasteiger partial charge on any atom is -0.381 e. The first kappa shape index (κ1) is 14.2. The number of hydrogen-bond acceptors (Lipinski definition) is 4. The zero-order chi connectivity index (χ0) is 12.8. The summed E-state index contributed by atoms with van der Waals surface area (Å²) in [5, 5.41) is 3.27. The van der Waals surface area contributed by atoms with Crippen LogP contribution >= 0.6 is 0 Å². The van der Waals surface area contributed by atoms with Gasteiger partial charge in [0.05, 0.1) is 12.4 Å². The van der Waals surface area contributed by atoms with Gasteiger partial charge in [-0.15, -0.1) is 0 Å². The van der Waals surface area contributed by atoms with Gasteiger partial charge in [0, 0.05) is 19.2 Å². The fraction of sp³-hybridized carbons (Fsp3) is 1.00. The van der Waals surface area contributed by atoms with E-state index in [0.717, 1.165) is 45.3 Å². The van der Waals surface area contributed by atoms with Gasteiger partial charge in [0.1, 0.15) is 0 Å². The van der Waals surface area contributed by atoms with Gasteiger partial charge < -0.3 is 10.1 Å². The monoisotopic (exact) mass is 276 g/mol. The van der Waals surface area contributed by atoms with Crippen LogP contribution in [0.3, 0.4) is 0 Å². The Labute approximate surface area is 110 Å². The summed E-state index contributed by atoms with van der Waals surface area (Å²) in [4.78, 5) is 0. The van der Waals surface area contributed by atoms with E-state index >= 15 is 0 Å². The first-order valence-electron chi connectivity index (χ1n) is 6.94. The van der Waals surface area contributed by atoms with Gasteiger partial charge in [0.15, 0.2) is 0 Å². The second-order valence-electron chi connectivity index (χ2n) is 5.36.